The van der Waals surface area contributed by atoms with Gasteiger partial charge in [0.25, 0.3) is 5.91 Å². The first kappa shape index (κ1) is 13.5. The average molecular weight is 262 g/mol. The van der Waals surface area contributed by atoms with E-state index in [9.17, 15) is 9.59 Å². The lowest BCUT2D eigenvalue weighted by atomic mass is 10.1. The van der Waals surface area contributed by atoms with Gasteiger partial charge in [-0.1, -0.05) is 12.1 Å². The van der Waals surface area contributed by atoms with Gasteiger partial charge in [0.05, 0.1) is 6.61 Å². The molecule has 102 valence electrons. The Morgan fingerprint density at radius 2 is 1.84 bits per heavy atom. The van der Waals surface area contributed by atoms with E-state index in [1.807, 2.05) is 24.3 Å². The first-order chi connectivity index (χ1) is 9.24. The van der Waals surface area contributed by atoms with Gasteiger partial charge >= 0.3 is 0 Å². The molecule has 5 nitrogen and oxygen atoms in total. The van der Waals surface area contributed by atoms with Crippen molar-refractivity contribution in [3.8, 4) is 0 Å². The Morgan fingerprint density at radius 1 is 1.21 bits per heavy atom. The molecule has 2 amide bonds. The van der Waals surface area contributed by atoms with Gasteiger partial charge in [0.15, 0.2) is 0 Å². The molecule has 2 rings (SSSR count). The number of carbonyl (C=O) groups excluding carboxylic acids is 2. The van der Waals surface area contributed by atoms with Crippen LogP contribution in [0.1, 0.15) is 15.9 Å². The van der Waals surface area contributed by atoms with E-state index in [0.717, 1.165) is 12.0 Å². The Kier molecular flexibility index (Phi) is 4.52. The Labute approximate surface area is 112 Å². The molecule has 5 heteroatoms. The summed E-state index contributed by atoms with van der Waals surface area (Å²) >= 11 is 0. The van der Waals surface area contributed by atoms with Crippen LogP contribution in [-0.2, 0) is 16.1 Å². The van der Waals surface area contributed by atoms with E-state index >= 15 is 0 Å². The third-order valence-corrected chi connectivity index (χ3v) is 3.26. The summed E-state index contributed by atoms with van der Waals surface area (Å²) in [6.45, 7) is 2.95. The first-order valence-electron chi connectivity index (χ1n) is 6.31. The van der Waals surface area contributed by atoms with E-state index in [1.165, 1.54) is 0 Å². The zero-order valence-corrected chi connectivity index (χ0v) is 11.0. The second-order valence-corrected chi connectivity index (χ2v) is 4.56. The van der Waals surface area contributed by atoms with Crippen molar-refractivity contribution in [2.24, 2.45) is 0 Å². The van der Waals surface area contributed by atoms with Crippen molar-refractivity contribution >= 4 is 12.3 Å². The van der Waals surface area contributed by atoms with Crippen LogP contribution >= 0.6 is 0 Å². The molecule has 1 aliphatic heterocycles. The van der Waals surface area contributed by atoms with Crippen LogP contribution in [0, 0.1) is 0 Å². The average Bonchev–Trinajstić information content (AvgIpc) is 2.48. The van der Waals surface area contributed by atoms with Gasteiger partial charge in [-0.05, 0) is 17.7 Å². The van der Waals surface area contributed by atoms with Crippen molar-refractivity contribution in [2.75, 3.05) is 33.3 Å². The third kappa shape index (κ3) is 3.32. The maximum Gasteiger partial charge on any atom is 0.253 e. The monoisotopic (exact) mass is 262 g/mol. The molecule has 0 saturated carbocycles. The van der Waals surface area contributed by atoms with Gasteiger partial charge in [-0.25, -0.2) is 0 Å². The van der Waals surface area contributed by atoms with Crippen LogP contribution in [0.3, 0.4) is 0 Å². The minimum atomic E-state index is 0.0227. The number of amides is 2. The first-order valence-corrected chi connectivity index (χ1v) is 6.31. The number of carbonyl (C=O) groups is 2. The number of hydrogen-bond donors (Lipinski definition) is 0. The number of ether oxygens (including phenoxy) is 1. The summed E-state index contributed by atoms with van der Waals surface area (Å²) in [5.41, 5.74) is 1.73. The van der Waals surface area contributed by atoms with Gasteiger partial charge in [-0.3, -0.25) is 9.59 Å². The molecule has 19 heavy (non-hydrogen) atoms. The second-order valence-electron chi connectivity index (χ2n) is 4.56. The molecule has 0 aromatic heterocycles. The van der Waals surface area contributed by atoms with Crippen LogP contribution < -0.4 is 0 Å². The quantitative estimate of drug-likeness (QED) is 0.752. The zero-order chi connectivity index (χ0) is 13.7. The Bertz CT molecular complexity index is 437. The van der Waals surface area contributed by atoms with Gasteiger partial charge in [0.1, 0.15) is 0 Å². The molecule has 0 atom stereocenters. The number of methoxy groups -OCH3 is 1. The Morgan fingerprint density at radius 3 is 2.37 bits per heavy atom. The lowest BCUT2D eigenvalue weighted by Gasteiger charge is -2.32. The zero-order valence-electron chi connectivity index (χ0n) is 11.0. The maximum absolute atomic E-state index is 12.3. The highest BCUT2D eigenvalue weighted by molar-refractivity contribution is 5.94. The SMILES string of the molecule is COCc1ccc(C(=O)N2CCN(C=O)CC2)cc1. The van der Waals surface area contributed by atoms with E-state index in [4.69, 9.17) is 4.74 Å². The number of piperazine rings is 1. The molecule has 0 unspecified atom stereocenters. The lowest BCUT2D eigenvalue weighted by molar-refractivity contribution is -0.119. The molecule has 0 N–H and O–H groups in total. The fourth-order valence-corrected chi connectivity index (χ4v) is 2.12. The summed E-state index contributed by atoms with van der Waals surface area (Å²) in [6, 6.07) is 7.45. The molecule has 0 radical (unpaired) electrons. The molecule has 0 spiro atoms. The standard InChI is InChI=1S/C14H18N2O3/c1-19-10-12-2-4-13(5-3-12)14(18)16-8-6-15(11-17)7-9-16/h2-5,11H,6-10H2,1H3. The summed E-state index contributed by atoms with van der Waals surface area (Å²) in [6.07, 6.45) is 0.835. The summed E-state index contributed by atoms with van der Waals surface area (Å²) < 4.78 is 5.03. The van der Waals surface area contributed by atoms with E-state index in [-0.39, 0.29) is 5.91 Å². The van der Waals surface area contributed by atoms with Gasteiger partial charge in [0, 0.05) is 38.9 Å². The minimum Gasteiger partial charge on any atom is -0.380 e. The molecule has 1 aliphatic rings. The minimum absolute atomic E-state index is 0.0227. The van der Waals surface area contributed by atoms with Crippen LogP contribution in [-0.4, -0.2) is 55.4 Å². The predicted octanol–water partition coefficient (Wildman–Crippen LogP) is 0.747. The molecule has 1 aromatic carbocycles. The smallest absolute Gasteiger partial charge is 0.253 e. The highest BCUT2D eigenvalue weighted by atomic mass is 16.5. The van der Waals surface area contributed by atoms with E-state index in [2.05, 4.69) is 0 Å². The summed E-state index contributed by atoms with van der Waals surface area (Å²) in [5, 5.41) is 0. The maximum atomic E-state index is 12.3. The van der Waals surface area contributed by atoms with Crippen molar-refractivity contribution in [3.63, 3.8) is 0 Å². The van der Waals surface area contributed by atoms with Gasteiger partial charge in [-0.2, -0.15) is 0 Å². The molecular weight excluding hydrogens is 244 g/mol. The van der Waals surface area contributed by atoms with E-state index in [1.54, 1.807) is 16.9 Å². The molecule has 1 fully saturated rings. The van der Waals surface area contributed by atoms with Crippen molar-refractivity contribution in [2.45, 2.75) is 6.61 Å². The summed E-state index contributed by atoms with van der Waals surface area (Å²) in [4.78, 5) is 26.3. The second kappa shape index (κ2) is 6.33. The normalized spacial score (nSPS) is 15.4. The van der Waals surface area contributed by atoms with Crippen LogP contribution in [0.5, 0.6) is 0 Å². The molecule has 1 saturated heterocycles. The topological polar surface area (TPSA) is 49.9 Å². The number of hydrogen-bond acceptors (Lipinski definition) is 3. The summed E-state index contributed by atoms with van der Waals surface area (Å²) in [7, 11) is 1.64. The van der Waals surface area contributed by atoms with Crippen molar-refractivity contribution < 1.29 is 14.3 Å². The highest BCUT2D eigenvalue weighted by Crippen LogP contribution is 2.10. The highest BCUT2D eigenvalue weighted by Gasteiger charge is 2.21. The van der Waals surface area contributed by atoms with Crippen LogP contribution in [0.25, 0.3) is 0 Å². The molecule has 1 aromatic rings. The van der Waals surface area contributed by atoms with Crippen molar-refractivity contribution in [1.29, 1.82) is 0 Å². The van der Waals surface area contributed by atoms with Crippen molar-refractivity contribution in [1.82, 2.24) is 9.80 Å². The van der Waals surface area contributed by atoms with Gasteiger partial charge < -0.3 is 14.5 Å². The largest absolute Gasteiger partial charge is 0.380 e. The van der Waals surface area contributed by atoms with E-state index in [0.29, 0.717) is 38.3 Å². The van der Waals surface area contributed by atoms with Gasteiger partial charge in [-0.15, -0.1) is 0 Å². The molecule has 0 bridgehead atoms. The summed E-state index contributed by atoms with van der Waals surface area (Å²) in [5.74, 6) is 0.0227. The molecule has 0 aliphatic carbocycles. The number of rotatable bonds is 4. The Balaban J connectivity index is 1.97. The van der Waals surface area contributed by atoms with Crippen LogP contribution in [0.2, 0.25) is 0 Å². The van der Waals surface area contributed by atoms with Crippen molar-refractivity contribution in [3.05, 3.63) is 35.4 Å². The molecular formula is C14H18N2O3. The lowest BCUT2D eigenvalue weighted by Crippen LogP contribution is -2.48. The fraction of sp³-hybridized carbons (Fsp3) is 0.429. The van der Waals surface area contributed by atoms with Crippen LogP contribution in [0.4, 0.5) is 0 Å². The van der Waals surface area contributed by atoms with Crippen LogP contribution in [0.15, 0.2) is 24.3 Å². The predicted molar refractivity (Wildman–Crippen MR) is 70.7 cm³/mol. The Hall–Kier alpha value is -1.88. The number of nitrogens with zero attached hydrogens (tertiary/aromatic N) is 2. The molecule has 1 heterocycles. The van der Waals surface area contributed by atoms with Gasteiger partial charge in [0.2, 0.25) is 6.41 Å². The fourth-order valence-electron chi connectivity index (χ4n) is 2.12. The van der Waals surface area contributed by atoms with E-state index < -0.39 is 0 Å². The third-order valence-electron chi connectivity index (χ3n) is 3.26. The number of benzene rings is 1.